The quantitative estimate of drug-likeness (QED) is 0.386. The van der Waals surface area contributed by atoms with Crippen molar-refractivity contribution in [3.05, 3.63) is 29.3 Å². The summed E-state index contributed by atoms with van der Waals surface area (Å²) in [4.78, 5) is 17.9. The maximum Gasteiger partial charge on any atom is 0.410 e. The lowest BCUT2D eigenvalue weighted by Crippen LogP contribution is -2.63. The molecule has 8 heteroatoms. The Hall–Kier alpha value is -1.71. The first-order valence-electron chi connectivity index (χ1n) is 8.80. The van der Waals surface area contributed by atoms with Crippen molar-refractivity contribution in [1.82, 2.24) is 15.5 Å². The molecule has 0 aliphatic carbocycles. The predicted molar refractivity (Wildman–Crippen MR) is 118 cm³/mol. The highest BCUT2D eigenvalue weighted by atomic mass is 127. The van der Waals surface area contributed by atoms with Crippen LogP contribution in [0.2, 0.25) is 0 Å². The van der Waals surface area contributed by atoms with E-state index in [-0.39, 0.29) is 36.1 Å². The normalized spacial score (nSPS) is 14.7. The molecule has 0 radical (unpaired) electrons. The van der Waals surface area contributed by atoms with E-state index < -0.39 is 5.60 Å². The van der Waals surface area contributed by atoms with Crippen molar-refractivity contribution in [1.29, 1.82) is 0 Å². The SMILES string of the molecule is CN=C(NCc1ccc(C)c(OC)c1)NC1CN(C(=O)OC(C)(C)C)C1.I. The standard InChI is InChI=1S/C19H30N4O3.HI/c1-13-7-8-14(9-16(13)25-6)10-21-17(20-5)22-15-11-23(12-15)18(24)26-19(2,3)4;/h7-9,15H,10-12H2,1-6H3,(H2,20,21,22);1H. The molecule has 0 saturated carbocycles. The van der Waals surface area contributed by atoms with Crippen LogP contribution in [0.3, 0.4) is 0 Å². The van der Waals surface area contributed by atoms with Crippen molar-refractivity contribution in [2.75, 3.05) is 27.2 Å². The van der Waals surface area contributed by atoms with Crippen LogP contribution < -0.4 is 15.4 Å². The van der Waals surface area contributed by atoms with Crippen molar-refractivity contribution in [3.8, 4) is 5.75 Å². The van der Waals surface area contributed by atoms with Gasteiger partial charge < -0.3 is 25.0 Å². The molecule has 152 valence electrons. The molecule has 2 N–H and O–H groups in total. The van der Waals surface area contributed by atoms with Gasteiger partial charge in [-0.25, -0.2) is 4.79 Å². The first-order valence-corrected chi connectivity index (χ1v) is 8.80. The van der Waals surface area contributed by atoms with Crippen molar-refractivity contribution in [2.45, 2.75) is 45.9 Å². The Morgan fingerprint density at radius 1 is 1.33 bits per heavy atom. The number of hydrogen-bond donors (Lipinski definition) is 2. The van der Waals surface area contributed by atoms with Gasteiger partial charge in [0.25, 0.3) is 0 Å². The number of nitrogens with one attached hydrogen (secondary N) is 2. The third kappa shape index (κ3) is 7.08. The van der Waals surface area contributed by atoms with E-state index in [1.165, 1.54) is 0 Å². The highest BCUT2D eigenvalue weighted by Crippen LogP contribution is 2.19. The zero-order valence-electron chi connectivity index (χ0n) is 17.0. The molecular formula is C19H31IN4O3. The average Bonchev–Trinajstić information content (AvgIpc) is 2.52. The van der Waals surface area contributed by atoms with E-state index in [1.807, 2.05) is 39.8 Å². The third-order valence-electron chi connectivity index (χ3n) is 4.03. The number of aryl methyl sites for hydroxylation is 1. The fourth-order valence-electron chi connectivity index (χ4n) is 2.59. The molecule has 0 bridgehead atoms. The van der Waals surface area contributed by atoms with Gasteiger partial charge in [0, 0.05) is 26.7 Å². The molecule has 2 rings (SSSR count). The lowest BCUT2D eigenvalue weighted by Gasteiger charge is -2.40. The number of guanidine groups is 1. The fraction of sp³-hybridized carbons (Fsp3) is 0.579. The number of likely N-dealkylation sites (tertiary alicyclic amines) is 1. The highest BCUT2D eigenvalue weighted by Gasteiger charge is 2.34. The van der Waals surface area contributed by atoms with Crippen LogP contribution in [0.1, 0.15) is 31.9 Å². The molecule has 27 heavy (non-hydrogen) atoms. The number of benzene rings is 1. The number of rotatable bonds is 4. The van der Waals surface area contributed by atoms with Crippen LogP contribution in [0.4, 0.5) is 4.79 Å². The number of amides is 1. The number of carbonyl (C=O) groups is 1. The number of halogens is 1. The monoisotopic (exact) mass is 490 g/mol. The van der Waals surface area contributed by atoms with Crippen molar-refractivity contribution in [2.24, 2.45) is 4.99 Å². The smallest absolute Gasteiger partial charge is 0.410 e. The van der Waals surface area contributed by atoms with Gasteiger partial charge in [0.05, 0.1) is 13.2 Å². The number of ether oxygens (including phenoxy) is 2. The molecule has 7 nitrogen and oxygen atoms in total. The number of nitrogens with zero attached hydrogens (tertiary/aromatic N) is 2. The Bertz CT molecular complexity index is 667. The highest BCUT2D eigenvalue weighted by molar-refractivity contribution is 14.0. The minimum Gasteiger partial charge on any atom is -0.496 e. The van der Waals surface area contributed by atoms with Crippen LogP contribution in [0.25, 0.3) is 0 Å². The molecule has 0 unspecified atom stereocenters. The molecule has 1 amide bonds. The number of hydrogen-bond acceptors (Lipinski definition) is 4. The first kappa shape index (κ1) is 23.3. The summed E-state index contributed by atoms with van der Waals surface area (Å²) in [5.74, 6) is 1.58. The van der Waals surface area contributed by atoms with Gasteiger partial charge in [-0.2, -0.15) is 0 Å². The molecule has 1 aliphatic heterocycles. The lowest BCUT2D eigenvalue weighted by atomic mass is 10.1. The number of aliphatic imine (C=N–C) groups is 1. The zero-order chi connectivity index (χ0) is 19.3. The molecule has 1 aliphatic rings. The Kier molecular flexibility index (Phi) is 8.64. The maximum absolute atomic E-state index is 12.0. The lowest BCUT2D eigenvalue weighted by molar-refractivity contribution is 0.00701. The minimum absolute atomic E-state index is 0. The molecule has 0 atom stereocenters. The van der Waals surface area contributed by atoms with E-state index in [0.717, 1.165) is 16.9 Å². The molecular weight excluding hydrogens is 459 g/mol. The van der Waals surface area contributed by atoms with E-state index >= 15 is 0 Å². The second-order valence-electron chi connectivity index (χ2n) is 7.46. The van der Waals surface area contributed by atoms with Gasteiger partial charge in [-0.05, 0) is 44.9 Å². The molecule has 0 aromatic heterocycles. The van der Waals surface area contributed by atoms with Gasteiger partial charge in [-0.3, -0.25) is 4.99 Å². The second-order valence-corrected chi connectivity index (χ2v) is 7.46. The van der Waals surface area contributed by atoms with E-state index in [0.29, 0.717) is 25.6 Å². The van der Waals surface area contributed by atoms with Crippen molar-refractivity contribution < 1.29 is 14.3 Å². The third-order valence-corrected chi connectivity index (χ3v) is 4.03. The summed E-state index contributed by atoms with van der Waals surface area (Å²) in [7, 11) is 3.41. The molecule has 1 aromatic rings. The summed E-state index contributed by atoms with van der Waals surface area (Å²) in [6, 6.07) is 6.28. The molecule has 1 heterocycles. The Labute approximate surface area is 178 Å². The Morgan fingerprint density at radius 3 is 2.56 bits per heavy atom. The van der Waals surface area contributed by atoms with Crippen molar-refractivity contribution >= 4 is 36.0 Å². The van der Waals surface area contributed by atoms with E-state index in [2.05, 4.69) is 21.7 Å². The fourth-order valence-corrected chi connectivity index (χ4v) is 2.59. The van der Waals surface area contributed by atoms with Crippen LogP contribution in [-0.4, -0.2) is 55.8 Å². The van der Waals surface area contributed by atoms with Crippen LogP contribution in [0, 0.1) is 6.92 Å². The van der Waals surface area contributed by atoms with Gasteiger partial charge in [-0.15, -0.1) is 24.0 Å². The first-order chi connectivity index (χ1) is 12.2. The van der Waals surface area contributed by atoms with Gasteiger partial charge >= 0.3 is 6.09 Å². The second kappa shape index (κ2) is 10.0. The Balaban J connectivity index is 0.00000364. The summed E-state index contributed by atoms with van der Waals surface area (Å²) in [6.07, 6.45) is -0.273. The van der Waals surface area contributed by atoms with E-state index in [4.69, 9.17) is 9.47 Å². The molecule has 1 fully saturated rings. The molecule has 0 spiro atoms. The van der Waals surface area contributed by atoms with Crippen LogP contribution in [0.5, 0.6) is 5.75 Å². The van der Waals surface area contributed by atoms with Crippen LogP contribution >= 0.6 is 24.0 Å². The summed E-state index contributed by atoms with van der Waals surface area (Å²) in [5, 5.41) is 6.61. The van der Waals surface area contributed by atoms with Crippen molar-refractivity contribution in [3.63, 3.8) is 0 Å². The maximum atomic E-state index is 12.0. The van der Waals surface area contributed by atoms with Crippen LogP contribution in [0.15, 0.2) is 23.2 Å². The number of methoxy groups -OCH3 is 1. The number of carbonyl (C=O) groups excluding carboxylic acids is 1. The summed E-state index contributed by atoms with van der Waals surface area (Å²) >= 11 is 0. The molecule has 1 saturated heterocycles. The van der Waals surface area contributed by atoms with E-state index in [1.54, 1.807) is 19.1 Å². The van der Waals surface area contributed by atoms with Gasteiger partial charge in [0.15, 0.2) is 5.96 Å². The van der Waals surface area contributed by atoms with E-state index in [9.17, 15) is 4.79 Å². The average molecular weight is 490 g/mol. The van der Waals surface area contributed by atoms with Gasteiger partial charge in [0.2, 0.25) is 0 Å². The van der Waals surface area contributed by atoms with Gasteiger partial charge in [-0.1, -0.05) is 12.1 Å². The van der Waals surface area contributed by atoms with Gasteiger partial charge in [0.1, 0.15) is 11.4 Å². The predicted octanol–water partition coefficient (Wildman–Crippen LogP) is 2.91. The summed E-state index contributed by atoms with van der Waals surface area (Å²) in [5.41, 5.74) is 1.75. The topological polar surface area (TPSA) is 75.2 Å². The van der Waals surface area contributed by atoms with Crippen LogP contribution in [-0.2, 0) is 11.3 Å². The molecule has 1 aromatic carbocycles. The summed E-state index contributed by atoms with van der Waals surface area (Å²) in [6.45, 7) is 9.47. The zero-order valence-corrected chi connectivity index (χ0v) is 19.3. The summed E-state index contributed by atoms with van der Waals surface area (Å²) < 4.78 is 10.7. The largest absolute Gasteiger partial charge is 0.496 e. The minimum atomic E-state index is -0.470. The Morgan fingerprint density at radius 2 is 2.00 bits per heavy atom.